The summed E-state index contributed by atoms with van der Waals surface area (Å²) in [7, 11) is 0. The lowest BCUT2D eigenvalue weighted by Gasteiger charge is -2.38. The van der Waals surface area contributed by atoms with Gasteiger partial charge in [0.25, 0.3) is 5.56 Å². The molecule has 6 heteroatoms. The molecule has 1 aromatic carbocycles. The lowest BCUT2D eigenvalue weighted by Crippen LogP contribution is -2.47. The van der Waals surface area contributed by atoms with E-state index < -0.39 is 5.60 Å². The van der Waals surface area contributed by atoms with Crippen LogP contribution in [0.2, 0.25) is 0 Å². The van der Waals surface area contributed by atoms with E-state index in [0.717, 1.165) is 49.0 Å². The van der Waals surface area contributed by atoms with Crippen LogP contribution in [0.4, 0.5) is 0 Å². The van der Waals surface area contributed by atoms with Crippen molar-refractivity contribution >= 4 is 10.9 Å². The van der Waals surface area contributed by atoms with E-state index in [1.165, 1.54) is 12.8 Å². The molecule has 1 unspecified atom stereocenters. The molecule has 3 fully saturated rings. The number of β-amino-alcohol motifs (C(OH)–C–C–N with tert-alkyl or cyclic N) is 1. The van der Waals surface area contributed by atoms with Crippen LogP contribution >= 0.6 is 0 Å². The molecule has 1 aromatic heterocycles. The monoisotopic (exact) mass is 397 g/mol. The van der Waals surface area contributed by atoms with Crippen molar-refractivity contribution in [3.8, 4) is 0 Å². The third-order valence-electron chi connectivity index (χ3n) is 7.11. The van der Waals surface area contributed by atoms with Crippen LogP contribution in [0.3, 0.4) is 0 Å². The first-order valence-corrected chi connectivity index (χ1v) is 11.2. The van der Waals surface area contributed by atoms with E-state index in [-0.39, 0.29) is 17.6 Å². The van der Waals surface area contributed by atoms with Gasteiger partial charge < -0.3 is 9.84 Å². The molecule has 3 heterocycles. The number of hydrogen-bond donors (Lipinski definition) is 1. The summed E-state index contributed by atoms with van der Waals surface area (Å²) in [6.45, 7) is 2.82. The standard InChI is InChI=1S/C23H31N3O3/c27-22-18-8-3-4-9-19(18)24-21(26(22)17-6-1-2-7-17)20-10-5-13-25(20)16-23(28)11-14-29-15-12-23/h3-4,8-9,17,20,28H,1-2,5-7,10-16H2. The second-order valence-corrected chi connectivity index (χ2v) is 9.07. The van der Waals surface area contributed by atoms with Crippen LogP contribution < -0.4 is 5.56 Å². The van der Waals surface area contributed by atoms with Gasteiger partial charge in [-0.15, -0.1) is 0 Å². The van der Waals surface area contributed by atoms with E-state index in [1.807, 2.05) is 28.8 Å². The minimum Gasteiger partial charge on any atom is -0.388 e. The van der Waals surface area contributed by atoms with Gasteiger partial charge in [-0.25, -0.2) is 4.98 Å². The van der Waals surface area contributed by atoms with Gasteiger partial charge in [-0.2, -0.15) is 0 Å². The molecular weight excluding hydrogens is 366 g/mol. The van der Waals surface area contributed by atoms with Gasteiger partial charge in [0.1, 0.15) is 5.82 Å². The Labute approximate surface area is 171 Å². The van der Waals surface area contributed by atoms with Crippen molar-refractivity contribution < 1.29 is 9.84 Å². The number of likely N-dealkylation sites (tertiary alicyclic amines) is 1. The maximum atomic E-state index is 13.5. The quantitative estimate of drug-likeness (QED) is 0.858. The van der Waals surface area contributed by atoms with Gasteiger partial charge in [0.05, 0.1) is 22.5 Å². The van der Waals surface area contributed by atoms with Gasteiger partial charge in [0.15, 0.2) is 0 Å². The molecular formula is C23H31N3O3. The minimum absolute atomic E-state index is 0.0970. The zero-order valence-electron chi connectivity index (χ0n) is 17.1. The molecule has 0 radical (unpaired) electrons. The molecule has 0 spiro atoms. The SMILES string of the molecule is O=c1c2ccccc2nc(C2CCCN2CC2(O)CCOCC2)n1C1CCCC1. The lowest BCUT2D eigenvalue weighted by atomic mass is 9.93. The molecule has 0 bridgehead atoms. The molecule has 2 aromatic rings. The van der Waals surface area contributed by atoms with E-state index in [9.17, 15) is 9.90 Å². The first kappa shape index (κ1) is 19.2. The van der Waals surface area contributed by atoms with Crippen molar-refractivity contribution in [1.82, 2.24) is 14.5 Å². The Morgan fingerprint density at radius 3 is 2.66 bits per heavy atom. The number of aliphatic hydroxyl groups is 1. The highest BCUT2D eigenvalue weighted by Crippen LogP contribution is 2.37. The first-order valence-electron chi connectivity index (χ1n) is 11.2. The average molecular weight is 398 g/mol. The fraction of sp³-hybridized carbons (Fsp3) is 0.652. The number of hydrogen-bond acceptors (Lipinski definition) is 5. The van der Waals surface area contributed by atoms with Crippen LogP contribution in [0.15, 0.2) is 29.1 Å². The molecule has 1 N–H and O–H groups in total. The van der Waals surface area contributed by atoms with Gasteiger partial charge in [0, 0.05) is 38.6 Å². The van der Waals surface area contributed by atoms with Crippen molar-refractivity contribution in [3.05, 3.63) is 40.4 Å². The van der Waals surface area contributed by atoms with Crippen molar-refractivity contribution in [2.75, 3.05) is 26.3 Å². The number of nitrogens with zero attached hydrogens (tertiary/aromatic N) is 3. The number of para-hydroxylation sites is 1. The van der Waals surface area contributed by atoms with Crippen molar-refractivity contribution in [1.29, 1.82) is 0 Å². The Kier molecular flexibility index (Phi) is 5.18. The lowest BCUT2D eigenvalue weighted by molar-refractivity contribution is -0.0820. The van der Waals surface area contributed by atoms with Gasteiger partial charge in [-0.05, 0) is 44.4 Å². The number of rotatable bonds is 4. The number of aromatic nitrogens is 2. The van der Waals surface area contributed by atoms with E-state index >= 15 is 0 Å². The highest BCUT2D eigenvalue weighted by molar-refractivity contribution is 5.77. The zero-order chi connectivity index (χ0) is 19.8. The molecule has 3 aliphatic rings. The molecule has 1 saturated carbocycles. The Hall–Kier alpha value is -1.76. The molecule has 6 nitrogen and oxygen atoms in total. The van der Waals surface area contributed by atoms with E-state index in [1.54, 1.807) is 0 Å². The largest absolute Gasteiger partial charge is 0.388 e. The van der Waals surface area contributed by atoms with Crippen molar-refractivity contribution in [3.63, 3.8) is 0 Å². The van der Waals surface area contributed by atoms with Crippen LogP contribution in [0.5, 0.6) is 0 Å². The van der Waals surface area contributed by atoms with Crippen LogP contribution in [0, 0.1) is 0 Å². The highest BCUT2D eigenvalue weighted by Gasteiger charge is 2.39. The molecule has 5 rings (SSSR count). The fourth-order valence-corrected chi connectivity index (χ4v) is 5.51. The Balaban J connectivity index is 1.55. The van der Waals surface area contributed by atoms with Gasteiger partial charge in [-0.1, -0.05) is 25.0 Å². The molecule has 29 heavy (non-hydrogen) atoms. The Morgan fingerprint density at radius 2 is 1.86 bits per heavy atom. The van der Waals surface area contributed by atoms with Crippen LogP contribution in [-0.2, 0) is 4.74 Å². The van der Waals surface area contributed by atoms with Gasteiger partial charge >= 0.3 is 0 Å². The summed E-state index contributed by atoms with van der Waals surface area (Å²) in [5.74, 6) is 0.911. The van der Waals surface area contributed by atoms with Gasteiger partial charge in [0.2, 0.25) is 0 Å². The molecule has 2 aliphatic heterocycles. The smallest absolute Gasteiger partial charge is 0.261 e. The minimum atomic E-state index is -0.698. The topological polar surface area (TPSA) is 67.6 Å². The fourth-order valence-electron chi connectivity index (χ4n) is 5.51. The molecule has 1 atom stereocenters. The number of benzene rings is 1. The van der Waals surface area contributed by atoms with E-state index in [0.29, 0.717) is 32.6 Å². The number of ether oxygens (including phenoxy) is 1. The van der Waals surface area contributed by atoms with Crippen LogP contribution in [0.1, 0.15) is 69.3 Å². The van der Waals surface area contributed by atoms with Gasteiger partial charge in [-0.3, -0.25) is 14.3 Å². The first-order chi connectivity index (χ1) is 14.1. The summed E-state index contributed by atoms with van der Waals surface area (Å²) in [5, 5.41) is 11.8. The predicted molar refractivity (Wildman–Crippen MR) is 112 cm³/mol. The maximum absolute atomic E-state index is 13.5. The molecule has 0 amide bonds. The van der Waals surface area contributed by atoms with Crippen LogP contribution in [-0.4, -0.2) is 51.5 Å². The van der Waals surface area contributed by atoms with E-state index in [4.69, 9.17) is 9.72 Å². The van der Waals surface area contributed by atoms with Crippen molar-refractivity contribution in [2.45, 2.75) is 69.1 Å². The second-order valence-electron chi connectivity index (χ2n) is 9.07. The summed E-state index contributed by atoms with van der Waals surface area (Å²) >= 11 is 0. The number of fused-ring (bicyclic) bond motifs is 1. The maximum Gasteiger partial charge on any atom is 0.261 e. The summed E-state index contributed by atoms with van der Waals surface area (Å²) in [4.78, 5) is 20.9. The Morgan fingerprint density at radius 1 is 1.10 bits per heavy atom. The molecule has 156 valence electrons. The normalized spacial score (nSPS) is 25.8. The Bertz CT molecular complexity index is 929. The predicted octanol–water partition coefficient (Wildman–Crippen LogP) is 3.19. The third-order valence-corrected chi connectivity index (χ3v) is 7.11. The highest BCUT2D eigenvalue weighted by atomic mass is 16.5. The van der Waals surface area contributed by atoms with Crippen molar-refractivity contribution in [2.24, 2.45) is 0 Å². The second kappa shape index (κ2) is 7.82. The molecule has 2 saturated heterocycles. The molecule has 1 aliphatic carbocycles. The third kappa shape index (κ3) is 3.62. The van der Waals surface area contributed by atoms with E-state index in [2.05, 4.69) is 4.90 Å². The summed E-state index contributed by atoms with van der Waals surface area (Å²) in [5.41, 5.74) is 0.198. The van der Waals surface area contributed by atoms with Crippen LogP contribution in [0.25, 0.3) is 10.9 Å². The summed E-state index contributed by atoms with van der Waals surface area (Å²) < 4.78 is 7.48. The summed E-state index contributed by atoms with van der Waals surface area (Å²) in [6, 6.07) is 8.08. The zero-order valence-corrected chi connectivity index (χ0v) is 17.1. The average Bonchev–Trinajstić information content (AvgIpc) is 3.40. The summed E-state index contributed by atoms with van der Waals surface area (Å²) in [6.07, 6.45) is 7.89.